The third kappa shape index (κ3) is 12.1. The first-order valence-corrected chi connectivity index (χ1v) is 7.39. The second kappa shape index (κ2) is 7.78. The number of hydrogen-bond donors (Lipinski definition) is 0. The molecule has 0 atom stereocenters. The molecule has 0 amide bonds. The second-order valence-corrected chi connectivity index (χ2v) is 8.20. The Hall–Kier alpha value is -0.700. The Bertz CT molecular complexity index is 278. The van der Waals surface area contributed by atoms with Crippen LogP contribution in [-0.2, 0) is 0 Å². The number of hydrogen-bond acceptors (Lipinski definition) is 0. The lowest BCUT2D eigenvalue weighted by Crippen LogP contribution is -2.17. The van der Waals surface area contributed by atoms with Crippen LogP contribution >= 0.6 is 0 Å². The van der Waals surface area contributed by atoms with Crippen LogP contribution in [0.3, 0.4) is 0 Å². The normalized spacial score (nSPS) is 16.3. The molecule has 0 saturated heterocycles. The van der Waals surface area contributed by atoms with Crippen molar-refractivity contribution in [3.8, 4) is 12.3 Å². The summed E-state index contributed by atoms with van der Waals surface area (Å²) in [4.78, 5) is 0. The average Bonchev–Trinajstić information content (AvgIpc) is 2.98. The fourth-order valence-corrected chi connectivity index (χ4v) is 0.937. The van der Waals surface area contributed by atoms with Gasteiger partial charge in [0.1, 0.15) is 0 Å². The Labute approximate surface area is 123 Å². The number of terminal acetylenes is 1. The molecule has 0 spiro atoms. The monoisotopic (exact) mass is 264 g/mol. The van der Waals surface area contributed by atoms with E-state index in [0.717, 1.165) is 0 Å². The van der Waals surface area contributed by atoms with Crippen molar-refractivity contribution < 1.29 is 0 Å². The van der Waals surface area contributed by atoms with Crippen LogP contribution in [0.2, 0.25) is 0 Å². The van der Waals surface area contributed by atoms with Crippen molar-refractivity contribution >= 4 is 0 Å². The Morgan fingerprint density at radius 1 is 1.11 bits per heavy atom. The van der Waals surface area contributed by atoms with Crippen molar-refractivity contribution in [3.05, 3.63) is 12.7 Å². The highest BCUT2D eigenvalue weighted by atomic mass is 14.5. The van der Waals surface area contributed by atoms with Gasteiger partial charge >= 0.3 is 0 Å². The van der Waals surface area contributed by atoms with Crippen LogP contribution in [0.25, 0.3) is 0 Å². The van der Waals surface area contributed by atoms with Crippen molar-refractivity contribution in [2.45, 2.75) is 75.2 Å². The Morgan fingerprint density at radius 2 is 1.37 bits per heavy atom. The van der Waals surface area contributed by atoms with Crippen molar-refractivity contribution in [3.63, 3.8) is 0 Å². The van der Waals surface area contributed by atoms with Gasteiger partial charge in [0.2, 0.25) is 0 Å². The van der Waals surface area contributed by atoms with Crippen LogP contribution in [-0.4, -0.2) is 0 Å². The summed E-state index contributed by atoms with van der Waals surface area (Å²) in [6, 6.07) is 0. The summed E-state index contributed by atoms with van der Waals surface area (Å²) >= 11 is 0. The minimum absolute atomic E-state index is 0.306. The van der Waals surface area contributed by atoms with Gasteiger partial charge in [-0.1, -0.05) is 68.4 Å². The predicted octanol–water partition coefficient (Wildman–Crippen LogP) is 6.33. The maximum Gasteiger partial charge on any atom is 0.0143 e. The van der Waals surface area contributed by atoms with E-state index in [1.54, 1.807) is 0 Å². The predicted molar refractivity (Wildman–Crippen MR) is 90.1 cm³/mol. The molecule has 0 N–H and O–H groups in total. The van der Waals surface area contributed by atoms with E-state index < -0.39 is 0 Å². The molecule has 112 valence electrons. The lowest BCUT2D eigenvalue weighted by Gasteiger charge is -2.26. The largest absolute Gasteiger partial charge is 0.120 e. The first-order chi connectivity index (χ1) is 8.29. The molecule has 0 bridgehead atoms. The molecule has 0 aromatic carbocycles. The highest BCUT2D eigenvalue weighted by Crippen LogP contribution is 2.57. The number of allylic oxidation sites excluding steroid dienone is 1. The van der Waals surface area contributed by atoms with Gasteiger partial charge in [0.25, 0.3) is 0 Å². The van der Waals surface area contributed by atoms with Gasteiger partial charge in [-0.15, -0.1) is 18.9 Å². The molecule has 1 aliphatic rings. The third-order valence-corrected chi connectivity index (χ3v) is 3.76. The first kappa shape index (κ1) is 20.6. The van der Waals surface area contributed by atoms with Crippen molar-refractivity contribution in [1.29, 1.82) is 0 Å². The molecule has 0 radical (unpaired) electrons. The van der Waals surface area contributed by atoms with Crippen LogP contribution in [0.5, 0.6) is 0 Å². The first-order valence-electron chi connectivity index (χ1n) is 7.39. The average molecular weight is 264 g/mol. The molecule has 1 rings (SSSR count). The van der Waals surface area contributed by atoms with E-state index in [9.17, 15) is 0 Å². The molecular weight excluding hydrogens is 228 g/mol. The van der Waals surface area contributed by atoms with Crippen LogP contribution < -0.4 is 0 Å². The van der Waals surface area contributed by atoms with E-state index >= 15 is 0 Å². The summed E-state index contributed by atoms with van der Waals surface area (Å²) in [6.07, 6.45) is 9.74. The van der Waals surface area contributed by atoms with Gasteiger partial charge in [-0.25, -0.2) is 0 Å². The van der Waals surface area contributed by atoms with E-state index in [1.165, 1.54) is 12.8 Å². The fourth-order valence-electron chi connectivity index (χ4n) is 0.937. The summed E-state index contributed by atoms with van der Waals surface area (Å²) in [5, 5.41) is 0. The second-order valence-electron chi connectivity index (χ2n) is 8.20. The van der Waals surface area contributed by atoms with Crippen LogP contribution in [0.4, 0.5) is 0 Å². The zero-order valence-corrected chi connectivity index (χ0v) is 14.9. The van der Waals surface area contributed by atoms with E-state index in [1.807, 2.05) is 19.9 Å². The summed E-state index contributed by atoms with van der Waals surface area (Å²) in [5.41, 5.74) is 1.54. The van der Waals surface area contributed by atoms with Gasteiger partial charge in [-0.2, -0.15) is 0 Å². The van der Waals surface area contributed by atoms with Gasteiger partial charge in [0, 0.05) is 5.92 Å². The molecule has 0 nitrogen and oxygen atoms in total. The molecule has 0 heteroatoms. The van der Waals surface area contributed by atoms with E-state index in [-0.39, 0.29) is 0 Å². The Balaban J connectivity index is 0. The quantitative estimate of drug-likeness (QED) is 0.354. The summed E-state index contributed by atoms with van der Waals surface area (Å²) < 4.78 is 0. The molecule has 1 fully saturated rings. The molecule has 19 heavy (non-hydrogen) atoms. The molecule has 1 saturated carbocycles. The number of rotatable bonds is 0. The maximum absolute atomic E-state index is 4.92. The molecule has 0 heterocycles. The minimum Gasteiger partial charge on any atom is -0.120 e. The third-order valence-electron chi connectivity index (χ3n) is 3.76. The van der Waals surface area contributed by atoms with Crippen LogP contribution in [0.1, 0.15) is 75.2 Å². The highest BCUT2D eigenvalue weighted by Gasteiger charge is 2.46. The van der Waals surface area contributed by atoms with Crippen molar-refractivity contribution in [2.75, 3.05) is 0 Å². The van der Waals surface area contributed by atoms with Crippen molar-refractivity contribution in [1.82, 2.24) is 0 Å². The van der Waals surface area contributed by atoms with Gasteiger partial charge < -0.3 is 0 Å². The summed E-state index contributed by atoms with van der Waals surface area (Å²) in [5.74, 6) is 2.94. The standard InChI is InChI=1S/C8H16.C6H12.C5H8/c1-7(2,3)8(4)5-6-8;1-5-6(2,3)4;1-4-5(2)3/h5-6H2,1-4H3;5H,1H2,2-4H3;1,5H,2-3H3. The zero-order chi connectivity index (χ0) is 15.9. The highest BCUT2D eigenvalue weighted by molar-refractivity contribution is 4.97. The van der Waals surface area contributed by atoms with Gasteiger partial charge in [0.05, 0.1) is 0 Å². The van der Waals surface area contributed by atoms with Gasteiger partial charge in [-0.05, 0) is 29.1 Å². The summed E-state index contributed by atoms with van der Waals surface area (Å²) in [6.45, 7) is 23.4. The van der Waals surface area contributed by atoms with Gasteiger partial charge in [-0.3, -0.25) is 0 Å². The zero-order valence-electron chi connectivity index (χ0n) is 14.9. The molecule has 0 aromatic rings. The molecule has 1 aliphatic carbocycles. The van der Waals surface area contributed by atoms with Crippen LogP contribution in [0.15, 0.2) is 12.7 Å². The topological polar surface area (TPSA) is 0 Å². The Kier molecular flexibility index (Phi) is 8.45. The van der Waals surface area contributed by atoms with E-state index in [2.05, 4.69) is 61.0 Å². The molecule has 0 unspecified atom stereocenters. The van der Waals surface area contributed by atoms with Crippen molar-refractivity contribution in [2.24, 2.45) is 22.2 Å². The molecular formula is C19H36. The van der Waals surface area contributed by atoms with Gasteiger partial charge in [0.15, 0.2) is 0 Å². The SMILES string of the molecule is C#CC(C)C.C=CC(C)(C)C.CC(C)(C)C1(C)CC1. The smallest absolute Gasteiger partial charge is 0.0143 e. The Morgan fingerprint density at radius 3 is 1.37 bits per heavy atom. The fraction of sp³-hybridized carbons (Fsp3) is 0.789. The minimum atomic E-state index is 0.306. The summed E-state index contributed by atoms with van der Waals surface area (Å²) in [7, 11) is 0. The lowest BCUT2D eigenvalue weighted by molar-refractivity contribution is 0.237. The molecule has 0 aliphatic heterocycles. The maximum atomic E-state index is 4.92. The van der Waals surface area contributed by atoms with E-state index in [4.69, 9.17) is 6.42 Å². The van der Waals surface area contributed by atoms with E-state index in [0.29, 0.717) is 22.2 Å². The molecule has 0 aromatic heterocycles. The lowest BCUT2D eigenvalue weighted by atomic mass is 9.79. The van der Waals surface area contributed by atoms with Crippen LogP contribution in [0, 0.1) is 34.5 Å².